The van der Waals surface area contributed by atoms with E-state index < -0.39 is 11.5 Å². The molecule has 2 amide bonds. The SMILES string of the molecule is CC1(C(=O)O)CCCN1C(=O)N1CCCCC1CCO. The lowest BCUT2D eigenvalue weighted by atomic mass is 9.98. The summed E-state index contributed by atoms with van der Waals surface area (Å²) in [6.07, 6.45) is 4.71. The highest BCUT2D eigenvalue weighted by Gasteiger charge is 2.48. The van der Waals surface area contributed by atoms with Crippen molar-refractivity contribution in [3.8, 4) is 0 Å². The van der Waals surface area contributed by atoms with E-state index in [9.17, 15) is 14.7 Å². The number of nitrogens with zero attached hydrogens (tertiary/aromatic N) is 2. The van der Waals surface area contributed by atoms with E-state index in [1.165, 1.54) is 4.90 Å². The zero-order valence-corrected chi connectivity index (χ0v) is 12.0. The van der Waals surface area contributed by atoms with E-state index >= 15 is 0 Å². The summed E-state index contributed by atoms with van der Waals surface area (Å²) in [7, 11) is 0. The average molecular weight is 284 g/mol. The lowest BCUT2D eigenvalue weighted by Crippen LogP contribution is -2.58. The van der Waals surface area contributed by atoms with E-state index in [0.717, 1.165) is 25.7 Å². The van der Waals surface area contributed by atoms with Gasteiger partial charge in [0.25, 0.3) is 0 Å². The normalized spacial score (nSPS) is 30.6. The smallest absolute Gasteiger partial charge is 0.329 e. The minimum atomic E-state index is -1.09. The number of urea groups is 1. The number of carbonyl (C=O) groups excluding carboxylic acids is 1. The van der Waals surface area contributed by atoms with Crippen molar-refractivity contribution in [2.75, 3.05) is 19.7 Å². The molecule has 0 aromatic rings. The third kappa shape index (κ3) is 2.61. The third-order valence-electron chi connectivity index (χ3n) is 4.67. The Morgan fingerprint density at radius 3 is 2.65 bits per heavy atom. The van der Waals surface area contributed by atoms with Gasteiger partial charge in [0.15, 0.2) is 0 Å². The molecule has 2 saturated heterocycles. The van der Waals surface area contributed by atoms with Crippen LogP contribution in [0.2, 0.25) is 0 Å². The van der Waals surface area contributed by atoms with Crippen molar-refractivity contribution >= 4 is 12.0 Å². The van der Waals surface area contributed by atoms with Crippen molar-refractivity contribution in [2.24, 2.45) is 0 Å². The van der Waals surface area contributed by atoms with Crippen LogP contribution in [0.25, 0.3) is 0 Å². The monoisotopic (exact) mass is 284 g/mol. The molecule has 2 atom stereocenters. The average Bonchev–Trinajstić information content (AvgIpc) is 2.82. The molecule has 2 rings (SSSR count). The van der Waals surface area contributed by atoms with Gasteiger partial charge in [0.2, 0.25) is 0 Å². The fraction of sp³-hybridized carbons (Fsp3) is 0.857. The van der Waals surface area contributed by atoms with Gasteiger partial charge in [0.1, 0.15) is 5.54 Å². The molecule has 114 valence electrons. The minimum absolute atomic E-state index is 0.0416. The van der Waals surface area contributed by atoms with Crippen LogP contribution in [0.15, 0.2) is 0 Å². The lowest BCUT2D eigenvalue weighted by Gasteiger charge is -2.41. The quantitative estimate of drug-likeness (QED) is 0.818. The molecule has 2 unspecified atom stereocenters. The first-order chi connectivity index (χ1) is 9.50. The van der Waals surface area contributed by atoms with E-state index in [2.05, 4.69) is 0 Å². The predicted molar refractivity (Wildman–Crippen MR) is 73.4 cm³/mol. The van der Waals surface area contributed by atoms with Crippen molar-refractivity contribution < 1.29 is 19.8 Å². The molecule has 2 aliphatic heterocycles. The number of rotatable bonds is 3. The third-order valence-corrected chi connectivity index (χ3v) is 4.67. The summed E-state index contributed by atoms with van der Waals surface area (Å²) in [6, 6.07) is -0.134. The Kier molecular flexibility index (Phi) is 4.52. The van der Waals surface area contributed by atoms with E-state index in [-0.39, 0.29) is 18.7 Å². The van der Waals surface area contributed by atoms with E-state index in [1.54, 1.807) is 11.8 Å². The molecule has 0 radical (unpaired) electrons. The van der Waals surface area contributed by atoms with Crippen molar-refractivity contribution in [1.29, 1.82) is 0 Å². The number of likely N-dealkylation sites (tertiary alicyclic amines) is 2. The minimum Gasteiger partial charge on any atom is -0.480 e. The maximum atomic E-state index is 12.7. The highest BCUT2D eigenvalue weighted by molar-refractivity contribution is 5.86. The van der Waals surface area contributed by atoms with Gasteiger partial charge >= 0.3 is 12.0 Å². The molecule has 0 aliphatic carbocycles. The largest absolute Gasteiger partial charge is 0.480 e. The van der Waals surface area contributed by atoms with Gasteiger partial charge < -0.3 is 20.0 Å². The second-order valence-electron chi connectivity index (χ2n) is 5.97. The summed E-state index contributed by atoms with van der Waals surface area (Å²) in [5.41, 5.74) is -1.09. The van der Waals surface area contributed by atoms with Crippen LogP contribution in [0.3, 0.4) is 0 Å². The summed E-state index contributed by atoms with van der Waals surface area (Å²) in [5, 5.41) is 18.5. The van der Waals surface area contributed by atoms with Crippen LogP contribution in [0.5, 0.6) is 0 Å². The molecule has 2 heterocycles. The summed E-state index contributed by atoms with van der Waals surface area (Å²) in [4.78, 5) is 27.5. The summed E-state index contributed by atoms with van der Waals surface area (Å²) in [5.74, 6) is -0.931. The molecule has 20 heavy (non-hydrogen) atoms. The van der Waals surface area contributed by atoms with Gasteiger partial charge in [-0.2, -0.15) is 0 Å². The van der Waals surface area contributed by atoms with E-state index in [4.69, 9.17) is 5.11 Å². The van der Waals surface area contributed by atoms with Crippen LogP contribution in [-0.2, 0) is 4.79 Å². The van der Waals surface area contributed by atoms with Gasteiger partial charge in [-0.25, -0.2) is 9.59 Å². The Hall–Kier alpha value is -1.30. The number of carboxylic acid groups (broad SMARTS) is 1. The molecule has 2 N–H and O–H groups in total. The molecule has 0 aromatic heterocycles. The molecule has 0 aromatic carbocycles. The van der Waals surface area contributed by atoms with Gasteiger partial charge in [-0.1, -0.05) is 0 Å². The van der Waals surface area contributed by atoms with Gasteiger partial charge in [0.05, 0.1) is 0 Å². The number of hydrogen-bond acceptors (Lipinski definition) is 3. The highest BCUT2D eigenvalue weighted by Crippen LogP contribution is 2.32. The molecular weight excluding hydrogens is 260 g/mol. The van der Waals surface area contributed by atoms with Crippen LogP contribution in [0.4, 0.5) is 4.79 Å². The second kappa shape index (κ2) is 5.99. The second-order valence-corrected chi connectivity index (χ2v) is 5.97. The topological polar surface area (TPSA) is 81.1 Å². The Morgan fingerprint density at radius 1 is 1.25 bits per heavy atom. The molecule has 2 fully saturated rings. The maximum Gasteiger partial charge on any atom is 0.329 e. The number of aliphatic hydroxyl groups excluding tert-OH is 1. The number of carbonyl (C=O) groups is 2. The van der Waals surface area contributed by atoms with Crippen LogP contribution in [0, 0.1) is 0 Å². The van der Waals surface area contributed by atoms with Crippen LogP contribution in [0.1, 0.15) is 45.4 Å². The number of hydrogen-bond donors (Lipinski definition) is 2. The van der Waals surface area contributed by atoms with Crippen molar-refractivity contribution in [3.05, 3.63) is 0 Å². The molecule has 0 spiro atoms. The summed E-state index contributed by atoms with van der Waals surface area (Å²) >= 11 is 0. The lowest BCUT2D eigenvalue weighted by molar-refractivity contribution is -0.147. The fourth-order valence-corrected chi connectivity index (χ4v) is 3.35. The predicted octanol–water partition coefficient (Wildman–Crippen LogP) is 1.28. The highest BCUT2D eigenvalue weighted by atomic mass is 16.4. The first kappa shape index (κ1) is 15.1. The Morgan fingerprint density at radius 2 is 2.00 bits per heavy atom. The van der Waals surface area contributed by atoms with E-state index in [0.29, 0.717) is 25.9 Å². The number of aliphatic hydroxyl groups is 1. The first-order valence-corrected chi connectivity index (χ1v) is 7.43. The van der Waals surface area contributed by atoms with Crippen LogP contribution < -0.4 is 0 Å². The van der Waals surface area contributed by atoms with Gasteiger partial charge in [-0.3, -0.25) is 0 Å². The molecule has 6 nitrogen and oxygen atoms in total. The summed E-state index contributed by atoms with van der Waals surface area (Å²) < 4.78 is 0. The standard InChI is InChI=1S/C14H24N2O4/c1-14(12(18)19)7-4-9-16(14)13(20)15-8-3-2-5-11(15)6-10-17/h11,17H,2-10H2,1H3,(H,18,19). The van der Waals surface area contributed by atoms with Gasteiger partial charge in [-0.05, 0) is 45.4 Å². The first-order valence-electron chi connectivity index (χ1n) is 7.43. The number of amides is 2. The Labute approximate surface area is 119 Å². The Balaban J connectivity index is 2.14. The zero-order valence-electron chi connectivity index (χ0n) is 12.0. The number of carboxylic acids is 1. The van der Waals surface area contributed by atoms with E-state index in [1.807, 2.05) is 0 Å². The van der Waals surface area contributed by atoms with Crippen molar-refractivity contribution in [2.45, 2.75) is 57.0 Å². The van der Waals surface area contributed by atoms with Crippen LogP contribution in [-0.4, -0.2) is 63.3 Å². The zero-order chi connectivity index (χ0) is 14.8. The van der Waals surface area contributed by atoms with Crippen molar-refractivity contribution in [3.63, 3.8) is 0 Å². The van der Waals surface area contributed by atoms with Crippen LogP contribution >= 0.6 is 0 Å². The van der Waals surface area contributed by atoms with Gasteiger partial charge in [-0.15, -0.1) is 0 Å². The maximum absolute atomic E-state index is 12.7. The number of piperidine rings is 1. The molecule has 0 bridgehead atoms. The fourth-order valence-electron chi connectivity index (χ4n) is 3.35. The van der Waals surface area contributed by atoms with Gasteiger partial charge in [0, 0.05) is 25.7 Å². The molecule has 6 heteroatoms. The Bertz CT molecular complexity index is 385. The molecular formula is C14H24N2O4. The summed E-state index contributed by atoms with van der Waals surface area (Å²) in [6.45, 7) is 2.86. The molecule has 2 aliphatic rings. The van der Waals surface area contributed by atoms with Crippen molar-refractivity contribution in [1.82, 2.24) is 9.80 Å². The molecule has 0 saturated carbocycles. The number of aliphatic carboxylic acids is 1.